The fourth-order valence-corrected chi connectivity index (χ4v) is 3.74. The highest BCUT2D eigenvalue weighted by Crippen LogP contribution is 2.30. The summed E-state index contributed by atoms with van der Waals surface area (Å²) < 4.78 is 37.7. The molecule has 0 spiro atoms. The second-order valence-corrected chi connectivity index (χ2v) is 7.10. The standard InChI is InChI=1S/C15H17F3N4O3S/c16-15(17,18)10-9-26-11(19-10)7-20-3-5-21(6-4-20)14(25)8-22-12(23)1-2-13(22)24/h9H,1-8H2. The Morgan fingerprint density at radius 1 is 1.12 bits per heavy atom. The fourth-order valence-electron chi connectivity index (χ4n) is 2.89. The number of hydrogen-bond donors (Lipinski definition) is 0. The number of carbonyl (C=O) groups excluding carboxylic acids is 3. The van der Waals surface area contributed by atoms with Crippen LogP contribution in [-0.2, 0) is 27.1 Å². The minimum absolute atomic E-state index is 0.146. The number of hydrogen-bond acceptors (Lipinski definition) is 6. The van der Waals surface area contributed by atoms with Gasteiger partial charge in [0.05, 0.1) is 6.54 Å². The summed E-state index contributed by atoms with van der Waals surface area (Å²) in [5.74, 6) is -0.945. The zero-order chi connectivity index (χ0) is 18.9. The lowest BCUT2D eigenvalue weighted by Gasteiger charge is -2.34. The van der Waals surface area contributed by atoms with Gasteiger partial charge in [0, 0.05) is 44.4 Å². The minimum Gasteiger partial charge on any atom is -0.339 e. The number of aromatic nitrogens is 1. The molecule has 142 valence electrons. The van der Waals surface area contributed by atoms with Gasteiger partial charge in [-0.2, -0.15) is 13.2 Å². The van der Waals surface area contributed by atoms with Crippen LogP contribution in [0.4, 0.5) is 13.2 Å². The lowest BCUT2D eigenvalue weighted by molar-refractivity contribution is -0.146. The van der Waals surface area contributed by atoms with E-state index >= 15 is 0 Å². The van der Waals surface area contributed by atoms with Crippen LogP contribution >= 0.6 is 11.3 Å². The van der Waals surface area contributed by atoms with Crippen molar-refractivity contribution in [1.29, 1.82) is 0 Å². The Morgan fingerprint density at radius 2 is 1.73 bits per heavy atom. The van der Waals surface area contributed by atoms with Gasteiger partial charge in [-0.25, -0.2) is 4.98 Å². The summed E-state index contributed by atoms with van der Waals surface area (Å²) in [6.45, 7) is 1.84. The van der Waals surface area contributed by atoms with E-state index < -0.39 is 11.9 Å². The van der Waals surface area contributed by atoms with E-state index in [9.17, 15) is 27.6 Å². The summed E-state index contributed by atoms with van der Waals surface area (Å²) >= 11 is 0.964. The van der Waals surface area contributed by atoms with Gasteiger partial charge >= 0.3 is 6.18 Å². The van der Waals surface area contributed by atoms with Gasteiger partial charge in [0.1, 0.15) is 11.6 Å². The van der Waals surface area contributed by atoms with Crippen LogP contribution in [0.25, 0.3) is 0 Å². The maximum Gasteiger partial charge on any atom is 0.434 e. The smallest absolute Gasteiger partial charge is 0.339 e. The lowest BCUT2D eigenvalue weighted by atomic mass is 10.3. The maximum absolute atomic E-state index is 12.6. The van der Waals surface area contributed by atoms with Crippen molar-refractivity contribution in [3.8, 4) is 0 Å². The average Bonchev–Trinajstić information content (AvgIpc) is 3.17. The van der Waals surface area contributed by atoms with Crippen LogP contribution < -0.4 is 0 Å². The molecule has 3 rings (SSSR count). The van der Waals surface area contributed by atoms with Crippen molar-refractivity contribution in [2.24, 2.45) is 0 Å². The molecule has 2 saturated heterocycles. The van der Waals surface area contributed by atoms with Crippen LogP contribution in [0.2, 0.25) is 0 Å². The van der Waals surface area contributed by atoms with E-state index in [2.05, 4.69) is 4.98 Å². The average molecular weight is 390 g/mol. The number of thiazole rings is 1. The lowest BCUT2D eigenvalue weighted by Crippen LogP contribution is -2.51. The Kier molecular flexibility index (Phi) is 5.28. The number of imide groups is 1. The monoisotopic (exact) mass is 390 g/mol. The molecule has 0 saturated carbocycles. The first-order valence-electron chi connectivity index (χ1n) is 8.09. The third-order valence-electron chi connectivity index (χ3n) is 4.37. The predicted octanol–water partition coefficient (Wildman–Crippen LogP) is 0.955. The number of piperazine rings is 1. The van der Waals surface area contributed by atoms with Gasteiger partial charge in [0.25, 0.3) is 0 Å². The second-order valence-electron chi connectivity index (χ2n) is 6.15. The van der Waals surface area contributed by atoms with E-state index in [0.29, 0.717) is 37.7 Å². The van der Waals surface area contributed by atoms with E-state index in [0.717, 1.165) is 21.6 Å². The molecule has 0 bridgehead atoms. The zero-order valence-electron chi connectivity index (χ0n) is 13.8. The number of halogens is 3. The van der Waals surface area contributed by atoms with Gasteiger partial charge in [-0.15, -0.1) is 11.3 Å². The molecule has 0 unspecified atom stereocenters. The van der Waals surface area contributed by atoms with Crippen LogP contribution in [0, 0.1) is 0 Å². The van der Waals surface area contributed by atoms with Gasteiger partial charge in [-0.1, -0.05) is 0 Å². The van der Waals surface area contributed by atoms with Gasteiger partial charge in [-0.05, 0) is 0 Å². The number of carbonyl (C=O) groups is 3. The largest absolute Gasteiger partial charge is 0.434 e. The van der Waals surface area contributed by atoms with Crippen LogP contribution in [0.1, 0.15) is 23.5 Å². The highest BCUT2D eigenvalue weighted by molar-refractivity contribution is 7.09. The second kappa shape index (κ2) is 7.31. The molecule has 11 heteroatoms. The molecular weight excluding hydrogens is 373 g/mol. The van der Waals surface area contributed by atoms with Crippen molar-refractivity contribution in [1.82, 2.24) is 19.7 Å². The molecule has 2 aliphatic heterocycles. The van der Waals surface area contributed by atoms with Crippen molar-refractivity contribution in [2.45, 2.75) is 25.6 Å². The van der Waals surface area contributed by atoms with Crippen LogP contribution in [0.3, 0.4) is 0 Å². The van der Waals surface area contributed by atoms with Crippen molar-refractivity contribution >= 4 is 29.1 Å². The number of amides is 3. The highest BCUT2D eigenvalue weighted by atomic mass is 32.1. The number of rotatable bonds is 4. The molecule has 0 aromatic carbocycles. The van der Waals surface area contributed by atoms with E-state index in [1.807, 2.05) is 4.90 Å². The zero-order valence-corrected chi connectivity index (χ0v) is 14.6. The van der Waals surface area contributed by atoms with E-state index in [1.54, 1.807) is 4.90 Å². The first-order chi connectivity index (χ1) is 12.2. The van der Waals surface area contributed by atoms with E-state index in [4.69, 9.17) is 0 Å². The molecule has 0 atom stereocenters. The molecule has 2 fully saturated rings. The van der Waals surface area contributed by atoms with Crippen molar-refractivity contribution in [3.05, 3.63) is 16.1 Å². The van der Waals surface area contributed by atoms with Crippen LogP contribution in [0.15, 0.2) is 5.38 Å². The quantitative estimate of drug-likeness (QED) is 0.716. The third kappa shape index (κ3) is 4.21. The normalized spacial score (nSPS) is 19.5. The SMILES string of the molecule is O=C(CN1C(=O)CCC1=O)N1CCN(Cc2nc(C(F)(F)F)cs2)CC1. The summed E-state index contributed by atoms with van der Waals surface area (Å²) in [7, 11) is 0. The summed E-state index contributed by atoms with van der Waals surface area (Å²) in [6.07, 6.45) is -4.15. The summed E-state index contributed by atoms with van der Waals surface area (Å²) in [5.41, 5.74) is -0.883. The Bertz CT molecular complexity index is 697. The molecule has 7 nitrogen and oxygen atoms in total. The van der Waals surface area contributed by atoms with Crippen LogP contribution in [-0.4, -0.2) is 70.1 Å². The molecule has 1 aromatic heterocycles. The first kappa shape index (κ1) is 18.8. The molecule has 2 aliphatic rings. The number of likely N-dealkylation sites (tertiary alicyclic amines) is 1. The van der Waals surface area contributed by atoms with Crippen molar-refractivity contribution in [2.75, 3.05) is 32.7 Å². The Morgan fingerprint density at radius 3 is 2.27 bits per heavy atom. The fraction of sp³-hybridized carbons (Fsp3) is 0.600. The van der Waals surface area contributed by atoms with Gasteiger partial charge in [0.15, 0.2) is 5.69 Å². The molecule has 0 N–H and O–H groups in total. The summed E-state index contributed by atoms with van der Waals surface area (Å²) in [4.78, 5) is 43.5. The van der Waals surface area contributed by atoms with E-state index in [-0.39, 0.29) is 37.1 Å². The number of nitrogens with zero attached hydrogens (tertiary/aromatic N) is 4. The summed E-state index contributed by atoms with van der Waals surface area (Å²) in [5, 5.41) is 1.38. The molecular formula is C15H17F3N4O3S. The Balaban J connectivity index is 1.48. The maximum atomic E-state index is 12.6. The Labute approximate surface area is 151 Å². The van der Waals surface area contributed by atoms with E-state index in [1.165, 1.54) is 0 Å². The van der Waals surface area contributed by atoms with Crippen molar-refractivity contribution < 1.29 is 27.6 Å². The van der Waals surface area contributed by atoms with Gasteiger partial charge in [0.2, 0.25) is 17.7 Å². The van der Waals surface area contributed by atoms with Crippen LogP contribution in [0.5, 0.6) is 0 Å². The molecule has 0 radical (unpaired) electrons. The topological polar surface area (TPSA) is 73.8 Å². The predicted molar refractivity (Wildman–Crippen MR) is 84.9 cm³/mol. The van der Waals surface area contributed by atoms with Gasteiger partial charge < -0.3 is 4.90 Å². The summed E-state index contributed by atoms with van der Waals surface area (Å²) in [6, 6.07) is 0. The third-order valence-corrected chi connectivity index (χ3v) is 5.21. The van der Waals surface area contributed by atoms with Crippen molar-refractivity contribution in [3.63, 3.8) is 0 Å². The molecule has 3 heterocycles. The number of alkyl halides is 3. The Hall–Kier alpha value is -2.01. The molecule has 26 heavy (non-hydrogen) atoms. The first-order valence-corrected chi connectivity index (χ1v) is 8.97. The molecule has 0 aliphatic carbocycles. The minimum atomic E-state index is -4.44. The molecule has 1 aromatic rings. The van der Waals surface area contributed by atoms with Gasteiger partial charge in [-0.3, -0.25) is 24.2 Å². The highest BCUT2D eigenvalue weighted by Gasteiger charge is 2.34. The molecule has 3 amide bonds.